The van der Waals surface area contributed by atoms with Gasteiger partial charge in [-0.2, -0.15) is 0 Å². The van der Waals surface area contributed by atoms with Gasteiger partial charge in [-0.15, -0.1) is 0 Å². The van der Waals surface area contributed by atoms with Gasteiger partial charge < -0.3 is 14.2 Å². The van der Waals surface area contributed by atoms with Gasteiger partial charge in [0.15, 0.2) is 5.58 Å². The lowest BCUT2D eigenvalue weighted by molar-refractivity contribution is -0.119. The second kappa shape index (κ2) is 6.27. The van der Waals surface area contributed by atoms with Crippen LogP contribution in [0.15, 0.2) is 50.5 Å². The van der Waals surface area contributed by atoms with E-state index in [0.717, 1.165) is 22.6 Å². The molecule has 114 valence electrons. The average Bonchev–Trinajstić information content (AvgIpc) is 3.10. The van der Waals surface area contributed by atoms with Gasteiger partial charge in [0.2, 0.25) is 5.91 Å². The predicted octanol–water partition coefficient (Wildman–Crippen LogP) is 3.70. The summed E-state index contributed by atoms with van der Waals surface area (Å²) in [7, 11) is 0. The van der Waals surface area contributed by atoms with Crippen molar-refractivity contribution in [2.75, 3.05) is 5.75 Å². The molecule has 0 bridgehead atoms. The molecule has 1 amide bonds. The number of nitrogens with one attached hydrogen (secondary N) is 1. The molecular weight excluding hydrogens is 300 g/mol. The highest BCUT2D eigenvalue weighted by atomic mass is 32.2. The van der Waals surface area contributed by atoms with E-state index in [1.165, 1.54) is 11.8 Å². The molecule has 0 spiro atoms. The fourth-order valence-corrected chi connectivity index (χ4v) is 2.73. The minimum absolute atomic E-state index is 0.0891. The van der Waals surface area contributed by atoms with Crippen LogP contribution in [0.2, 0.25) is 0 Å². The second-order valence-electron chi connectivity index (χ2n) is 4.97. The molecule has 2 heterocycles. The molecule has 0 saturated carbocycles. The number of benzene rings is 1. The third-order valence-electron chi connectivity index (χ3n) is 3.17. The van der Waals surface area contributed by atoms with Crippen molar-refractivity contribution in [1.82, 2.24) is 10.3 Å². The SMILES string of the molecule is Cc1ccc(C(C)NC(=O)CSc2nc3ccccc3o2)o1. The van der Waals surface area contributed by atoms with E-state index in [2.05, 4.69) is 10.3 Å². The number of amides is 1. The zero-order valence-electron chi connectivity index (χ0n) is 12.3. The molecule has 1 unspecified atom stereocenters. The number of rotatable bonds is 5. The highest BCUT2D eigenvalue weighted by Crippen LogP contribution is 2.23. The van der Waals surface area contributed by atoms with Crippen molar-refractivity contribution in [3.05, 3.63) is 47.9 Å². The molecule has 0 fully saturated rings. The summed E-state index contributed by atoms with van der Waals surface area (Å²) in [5.41, 5.74) is 1.52. The Labute approximate surface area is 132 Å². The zero-order valence-corrected chi connectivity index (χ0v) is 13.1. The Kier molecular flexibility index (Phi) is 4.20. The van der Waals surface area contributed by atoms with E-state index >= 15 is 0 Å². The maximum atomic E-state index is 12.0. The molecule has 0 aliphatic carbocycles. The molecule has 0 saturated heterocycles. The largest absolute Gasteiger partial charge is 0.464 e. The Bertz CT molecular complexity index is 760. The van der Waals surface area contributed by atoms with Gasteiger partial charge >= 0.3 is 0 Å². The number of thioether (sulfide) groups is 1. The third-order valence-corrected chi connectivity index (χ3v) is 3.99. The van der Waals surface area contributed by atoms with Gasteiger partial charge in [0.1, 0.15) is 17.0 Å². The van der Waals surface area contributed by atoms with E-state index in [1.54, 1.807) is 0 Å². The van der Waals surface area contributed by atoms with Crippen molar-refractivity contribution in [1.29, 1.82) is 0 Å². The van der Waals surface area contributed by atoms with Crippen LogP contribution in [0.25, 0.3) is 11.1 Å². The van der Waals surface area contributed by atoms with Crippen molar-refractivity contribution in [2.45, 2.75) is 25.1 Å². The van der Waals surface area contributed by atoms with E-state index in [1.807, 2.05) is 50.2 Å². The smallest absolute Gasteiger partial charge is 0.257 e. The zero-order chi connectivity index (χ0) is 15.5. The van der Waals surface area contributed by atoms with E-state index in [4.69, 9.17) is 8.83 Å². The van der Waals surface area contributed by atoms with Crippen molar-refractivity contribution in [3.63, 3.8) is 0 Å². The average molecular weight is 316 g/mol. The van der Waals surface area contributed by atoms with Crippen LogP contribution in [0.4, 0.5) is 0 Å². The Morgan fingerprint density at radius 1 is 1.27 bits per heavy atom. The van der Waals surface area contributed by atoms with Crippen molar-refractivity contribution >= 4 is 28.8 Å². The first-order chi connectivity index (χ1) is 10.6. The van der Waals surface area contributed by atoms with E-state index in [0.29, 0.717) is 5.22 Å². The molecule has 1 atom stereocenters. The molecular formula is C16H16N2O3S. The van der Waals surface area contributed by atoms with Crippen LogP contribution in [-0.4, -0.2) is 16.6 Å². The lowest BCUT2D eigenvalue weighted by Gasteiger charge is -2.10. The van der Waals surface area contributed by atoms with Crippen LogP contribution in [0.1, 0.15) is 24.5 Å². The van der Waals surface area contributed by atoms with E-state index in [9.17, 15) is 4.79 Å². The first-order valence-electron chi connectivity index (χ1n) is 6.96. The van der Waals surface area contributed by atoms with E-state index < -0.39 is 0 Å². The van der Waals surface area contributed by atoms with Gasteiger partial charge in [-0.25, -0.2) is 4.98 Å². The fraction of sp³-hybridized carbons (Fsp3) is 0.250. The molecule has 6 heteroatoms. The minimum Gasteiger partial charge on any atom is -0.464 e. The molecule has 0 aliphatic rings. The number of hydrogen-bond acceptors (Lipinski definition) is 5. The molecule has 0 radical (unpaired) electrons. The van der Waals surface area contributed by atoms with Crippen molar-refractivity contribution < 1.29 is 13.6 Å². The molecule has 1 N–H and O–H groups in total. The first kappa shape index (κ1) is 14.7. The Morgan fingerprint density at radius 3 is 2.82 bits per heavy atom. The Morgan fingerprint density at radius 2 is 2.09 bits per heavy atom. The number of nitrogens with zero attached hydrogens (tertiary/aromatic N) is 1. The molecule has 0 aliphatic heterocycles. The lowest BCUT2D eigenvalue weighted by Crippen LogP contribution is -2.27. The summed E-state index contributed by atoms with van der Waals surface area (Å²) >= 11 is 1.28. The number of carbonyl (C=O) groups is 1. The summed E-state index contributed by atoms with van der Waals surface area (Å²) in [5.74, 6) is 1.74. The number of carbonyl (C=O) groups excluding carboxylic acids is 1. The minimum atomic E-state index is -0.162. The third kappa shape index (κ3) is 3.33. The number of aromatic nitrogens is 1. The Balaban J connectivity index is 1.55. The van der Waals surface area contributed by atoms with Gasteiger partial charge in [-0.05, 0) is 38.1 Å². The molecule has 22 heavy (non-hydrogen) atoms. The maximum Gasteiger partial charge on any atom is 0.257 e. The van der Waals surface area contributed by atoms with Crippen LogP contribution in [0, 0.1) is 6.92 Å². The summed E-state index contributed by atoms with van der Waals surface area (Å²) in [5, 5.41) is 3.39. The number of fused-ring (bicyclic) bond motifs is 1. The summed E-state index contributed by atoms with van der Waals surface area (Å²) in [6.45, 7) is 3.77. The van der Waals surface area contributed by atoms with Crippen LogP contribution in [0.3, 0.4) is 0 Å². The topological polar surface area (TPSA) is 68.3 Å². The standard InChI is InChI=1S/C16H16N2O3S/c1-10-7-8-13(20-10)11(2)17-15(19)9-22-16-18-12-5-3-4-6-14(12)21-16/h3-8,11H,9H2,1-2H3,(H,17,19). The predicted molar refractivity (Wildman–Crippen MR) is 84.7 cm³/mol. The van der Waals surface area contributed by atoms with Crippen LogP contribution >= 0.6 is 11.8 Å². The van der Waals surface area contributed by atoms with Crippen LogP contribution < -0.4 is 5.32 Å². The quantitative estimate of drug-likeness (QED) is 0.727. The van der Waals surface area contributed by atoms with Crippen molar-refractivity contribution in [2.24, 2.45) is 0 Å². The fourth-order valence-electron chi connectivity index (χ4n) is 2.08. The molecule has 2 aromatic heterocycles. The normalized spacial score (nSPS) is 12.5. The van der Waals surface area contributed by atoms with E-state index in [-0.39, 0.29) is 17.7 Å². The summed E-state index contributed by atoms with van der Waals surface area (Å²) < 4.78 is 11.1. The first-order valence-corrected chi connectivity index (χ1v) is 7.94. The molecule has 3 rings (SSSR count). The summed E-state index contributed by atoms with van der Waals surface area (Å²) in [4.78, 5) is 16.3. The number of hydrogen-bond donors (Lipinski definition) is 1. The van der Waals surface area contributed by atoms with Gasteiger partial charge in [0, 0.05) is 0 Å². The number of para-hydroxylation sites is 2. The van der Waals surface area contributed by atoms with Gasteiger partial charge in [0.05, 0.1) is 11.8 Å². The number of oxazole rings is 1. The van der Waals surface area contributed by atoms with Gasteiger partial charge in [-0.1, -0.05) is 23.9 Å². The van der Waals surface area contributed by atoms with Crippen LogP contribution in [0.5, 0.6) is 0 Å². The summed E-state index contributed by atoms with van der Waals surface area (Å²) in [6.07, 6.45) is 0. The number of furan rings is 1. The highest BCUT2D eigenvalue weighted by molar-refractivity contribution is 7.99. The molecule has 1 aromatic carbocycles. The Hall–Kier alpha value is -2.21. The maximum absolute atomic E-state index is 12.0. The lowest BCUT2D eigenvalue weighted by atomic mass is 10.2. The molecule has 5 nitrogen and oxygen atoms in total. The second-order valence-corrected chi connectivity index (χ2v) is 5.90. The summed E-state index contributed by atoms with van der Waals surface area (Å²) in [6, 6.07) is 11.1. The highest BCUT2D eigenvalue weighted by Gasteiger charge is 2.14. The molecule has 3 aromatic rings. The van der Waals surface area contributed by atoms with Gasteiger partial charge in [-0.3, -0.25) is 4.79 Å². The van der Waals surface area contributed by atoms with Gasteiger partial charge in [0.25, 0.3) is 5.22 Å². The monoisotopic (exact) mass is 316 g/mol. The number of aryl methyl sites for hydroxylation is 1. The van der Waals surface area contributed by atoms with Crippen molar-refractivity contribution in [3.8, 4) is 0 Å². The van der Waals surface area contributed by atoms with Crippen LogP contribution in [-0.2, 0) is 4.79 Å².